The highest BCUT2D eigenvalue weighted by Gasteiger charge is 2.34. The lowest BCUT2D eigenvalue weighted by molar-refractivity contribution is -0.152. The molecule has 15 heavy (non-hydrogen) atoms. The van der Waals surface area contributed by atoms with Crippen molar-refractivity contribution >= 4 is 33.2 Å². The molecule has 1 aliphatic heterocycles. The Balaban J connectivity index is 1.93. The van der Waals surface area contributed by atoms with Crippen molar-refractivity contribution < 1.29 is 9.53 Å². The van der Waals surface area contributed by atoms with Crippen molar-refractivity contribution in [3.8, 4) is 0 Å². The van der Waals surface area contributed by atoms with E-state index >= 15 is 0 Å². The summed E-state index contributed by atoms with van der Waals surface area (Å²) < 4.78 is 5.87. The number of likely N-dealkylation sites (tertiary alicyclic amines) is 1. The highest BCUT2D eigenvalue weighted by molar-refractivity contribution is 9.11. The van der Waals surface area contributed by atoms with Gasteiger partial charge >= 0.3 is 5.97 Å². The molecule has 0 saturated carbocycles. The van der Waals surface area contributed by atoms with E-state index < -0.39 is 0 Å². The lowest BCUT2D eigenvalue weighted by Gasteiger charge is -2.38. The second-order valence-corrected chi connectivity index (χ2v) is 6.05. The number of ether oxygens (including phenoxy) is 1. The normalized spacial score (nSPS) is 21.1. The Labute approximate surface area is 101 Å². The third-order valence-corrected chi connectivity index (χ3v) is 4.20. The van der Waals surface area contributed by atoms with Crippen LogP contribution >= 0.6 is 27.3 Å². The summed E-state index contributed by atoms with van der Waals surface area (Å²) in [5, 5.41) is 0. The van der Waals surface area contributed by atoms with Gasteiger partial charge in [-0.1, -0.05) is 0 Å². The Kier molecular flexibility index (Phi) is 3.43. The maximum atomic E-state index is 11.3. The second kappa shape index (κ2) is 4.63. The number of thiophene rings is 1. The predicted octanol–water partition coefficient (Wildman–Crippen LogP) is 2.26. The molecular formula is C10H12BrNO2S. The van der Waals surface area contributed by atoms with Crippen molar-refractivity contribution in [3.05, 3.63) is 20.8 Å². The zero-order valence-electron chi connectivity index (χ0n) is 8.40. The Bertz CT molecular complexity index is 366. The fraction of sp³-hybridized carbons (Fsp3) is 0.500. The molecule has 1 unspecified atom stereocenters. The van der Waals surface area contributed by atoms with Crippen LogP contribution in [0.25, 0.3) is 0 Å². The van der Waals surface area contributed by atoms with Gasteiger partial charge in [0.05, 0.1) is 10.9 Å². The van der Waals surface area contributed by atoms with Crippen molar-refractivity contribution in [2.45, 2.75) is 19.0 Å². The molecule has 1 aromatic rings. The highest BCUT2D eigenvalue weighted by Crippen LogP contribution is 2.27. The largest absolute Gasteiger partial charge is 0.468 e. The Hall–Kier alpha value is -0.390. The van der Waals surface area contributed by atoms with Crippen LogP contribution in [0.4, 0.5) is 0 Å². The smallest absolute Gasteiger partial charge is 0.323 e. The van der Waals surface area contributed by atoms with E-state index in [2.05, 4.69) is 26.9 Å². The quantitative estimate of drug-likeness (QED) is 0.800. The molecule has 0 spiro atoms. The number of rotatable bonds is 3. The maximum Gasteiger partial charge on any atom is 0.323 e. The van der Waals surface area contributed by atoms with Crippen LogP contribution in [0.2, 0.25) is 0 Å². The molecule has 0 radical (unpaired) electrons. The fourth-order valence-electron chi connectivity index (χ4n) is 1.67. The molecular weight excluding hydrogens is 278 g/mol. The fourth-order valence-corrected chi connectivity index (χ4v) is 3.18. The monoisotopic (exact) mass is 289 g/mol. The first kappa shape index (κ1) is 11.1. The van der Waals surface area contributed by atoms with E-state index in [9.17, 15) is 4.79 Å². The lowest BCUT2D eigenvalue weighted by Crippen LogP contribution is -2.51. The van der Waals surface area contributed by atoms with E-state index in [0.717, 1.165) is 23.3 Å². The highest BCUT2D eigenvalue weighted by atomic mass is 79.9. The van der Waals surface area contributed by atoms with Gasteiger partial charge in [0.2, 0.25) is 0 Å². The summed E-state index contributed by atoms with van der Waals surface area (Å²) in [6.45, 7) is 1.82. The van der Waals surface area contributed by atoms with E-state index in [4.69, 9.17) is 4.74 Å². The number of halogens is 1. The van der Waals surface area contributed by atoms with Gasteiger partial charge in [-0.2, -0.15) is 0 Å². The number of carbonyl (C=O) groups excluding carboxylic acids is 1. The Morgan fingerprint density at radius 3 is 3.00 bits per heavy atom. The predicted molar refractivity (Wildman–Crippen MR) is 62.9 cm³/mol. The molecule has 0 aromatic carbocycles. The van der Waals surface area contributed by atoms with Crippen molar-refractivity contribution in [1.29, 1.82) is 0 Å². The molecule has 1 saturated heterocycles. The van der Waals surface area contributed by atoms with Crippen LogP contribution < -0.4 is 0 Å². The SMILES string of the molecule is COC(=O)C1CCN1Cc1ccc(Br)s1. The molecule has 2 rings (SSSR count). The van der Waals surface area contributed by atoms with Gasteiger partial charge in [0.15, 0.2) is 0 Å². The number of nitrogens with zero attached hydrogens (tertiary/aromatic N) is 1. The maximum absolute atomic E-state index is 11.3. The summed E-state index contributed by atoms with van der Waals surface area (Å²) in [6.07, 6.45) is 0.916. The standard InChI is InChI=1S/C10H12BrNO2S/c1-14-10(13)8-4-5-12(8)6-7-2-3-9(11)15-7/h2-3,8H,4-6H2,1H3. The van der Waals surface area contributed by atoms with Crippen LogP contribution in [-0.4, -0.2) is 30.6 Å². The molecule has 1 atom stereocenters. The summed E-state index contributed by atoms with van der Waals surface area (Å²) in [5.41, 5.74) is 0. The average molecular weight is 290 g/mol. The molecule has 0 aliphatic carbocycles. The van der Waals surface area contributed by atoms with Gasteiger partial charge in [0.25, 0.3) is 0 Å². The lowest BCUT2D eigenvalue weighted by atomic mass is 10.0. The van der Waals surface area contributed by atoms with E-state index in [1.807, 2.05) is 6.07 Å². The van der Waals surface area contributed by atoms with Crippen LogP contribution in [0.1, 0.15) is 11.3 Å². The molecule has 0 amide bonds. The third-order valence-electron chi connectivity index (χ3n) is 2.59. The average Bonchev–Trinajstić information content (AvgIpc) is 2.58. The van der Waals surface area contributed by atoms with E-state index in [1.54, 1.807) is 11.3 Å². The summed E-state index contributed by atoms with van der Waals surface area (Å²) in [7, 11) is 1.45. The zero-order chi connectivity index (χ0) is 10.8. The number of esters is 1. The molecule has 1 aliphatic rings. The zero-order valence-corrected chi connectivity index (χ0v) is 10.8. The molecule has 0 bridgehead atoms. The minimum atomic E-state index is -0.114. The number of methoxy groups -OCH3 is 1. The molecule has 3 nitrogen and oxygen atoms in total. The molecule has 1 aromatic heterocycles. The first-order chi connectivity index (χ1) is 7.20. The number of carbonyl (C=O) groups is 1. The van der Waals surface area contributed by atoms with Crippen LogP contribution in [-0.2, 0) is 16.1 Å². The van der Waals surface area contributed by atoms with Crippen molar-refractivity contribution in [2.24, 2.45) is 0 Å². The van der Waals surface area contributed by atoms with Gasteiger partial charge in [-0.05, 0) is 34.5 Å². The van der Waals surface area contributed by atoms with Crippen molar-refractivity contribution in [3.63, 3.8) is 0 Å². The minimum Gasteiger partial charge on any atom is -0.468 e. The summed E-state index contributed by atoms with van der Waals surface area (Å²) >= 11 is 5.14. The van der Waals surface area contributed by atoms with Crippen LogP contribution in [0.5, 0.6) is 0 Å². The number of hydrogen-bond acceptors (Lipinski definition) is 4. The summed E-state index contributed by atoms with van der Waals surface area (Å²) in [6, 6.07) is 4.09. The molecule has 1 fully saturated rings. The van der Waals surface area contributed by atoms with Crippen molar-refractivity contribution in [2.75, 3.05) is 13.7 Å². The van der Waals surface area contributed by atoms with Gasteiger partial charge in [0.1, 0.15) is 6.04 Å². The number of hydrogen-bond donors (Lipinski definition) is 0. The van der Waals surface area contributed by atoms with Crippen LogP contribution in [0.3, 0.4) is 0 Å². The van der Waals surface area contributed by atoms with Gasteiger partial charge < -0.3 is 4.74 Å². The van der Waals surface area contributed by atoms with Gasteiger partial charge in [0, 0.05) is 18.0 Å². The first-order valence-corrected chi connectivity index (χ1v) is 6.38. The van der Waals surface area contributed by atoms with Gasteiger partial charge in [-0.3, -0.25) is 9.69 Å². The van der Waals surface area contributed by atoms with E-state index in [0.29, 0.717) is 0 Å². The Morgan fingerprint density at radius 1 is 1.73 bits per heavy atom. The van der Waals surface area contributed by atoms with Gasteiger partial charge in [-0.15, -0.1) is 11.3 Å². The second-order valence-electron chi connectivity index (χ2n) is 3.50. The summed E-state index contributed by atoms with van der Waals surface area (Å²) in [4.78, 5) is 14.7. The molecule has 2 heterocycles. The minimum absolute atomic E-state index is 0.0316. The molecule has 5 heteroatoms. The van der Waals surface area contributed by atoms with Crippen LogP contribution in [0.15, 0.2) is 15.9 Å². The van der Waals surface area contributed by atoms with Crippen molar-refractivity contribution in [1.82, 2.24) is 4.90 Å². The van der Waals surface area contributed by atoms with Gasteiger partial charge in [-0.25, -0.2) is 0 Å². The third kappa shape index (κ3) is 2.41. The molecule has 0 N–H and O–H groups in total. The summed E-state index contributed by atoms with van der Waals surface area (Å²) in [5.74, 6) is -0.114. The Morgan fingerprint density at radius 2 is 2.53 bits per heavy atom. The molecule has 82 valence electrons. The topological polar surface area (TPSA) is 29.5 Å². The van der Waals surface area contributed by atoms with E-state index in [1.165, 1.54) is 12.0 Å². The van der Waals surface area contributed by atoms with Crippen LogP contribution in [0, 0.1) is 0 Å². The first-order valence-electron chi connectivity index (χ1n) is 4.77. The van der Waals surface area contributed by atoms with E-state index in [-0.39, 0.29) is 12.0 Å².